The van der Waals surface area contributed by atoms with Gasteiger partial charge in [0.15, 0.2) is 0 Å². The number of amides is 2. The molecule has 0 aromatic carbocycles. The van der Waals surface area contributed by atoms with Gasteiger partial charge in [-0.05, 0) is 6.92 Å². The van der Waals surface area contributed by atoms with Crippen LogP contribution in [-0.2, 0) is 9.53 Å². The van der Waals surface area contributed by atoms with Gasteiger partial charge in [0, 0.05) is 18.8 Å². The van der Waals surface area contributed by atoms with E-state index in [9.17, 15) is 9.59 Å². The SMILES string of the molecule is C[C@@H]1COCCN1C(=O)CN1CCSC1=O. The van der Waals surface area contributed by atoms with Crippen LogP contribution in [0.15, 0.2) is 0 Å². The zero-order chi connectivity index (χ0) is 11.5. The van der Waals surface area contributed by atoms with Crippen molar-refractivity contribution in [1.82, 2.24) is 9.80 Å². The zero-order valence-electron chi connectivity index (χ0n) is 9.35. The summed E-state index contributed by atoms with van der Waals surface area (Å²) in [6.45, 7) is 4.70. The number of rotatable bonds is 2. The molecule has 90 valence electrons. The molecule has 2 aliphatic rings. The molecule has 6 heteroatoms. The Morgan fingerprint density at radius 3 is 3.00 bits per heavy atom. The van der Waals surface area contributed by atoms with Crippen LogP contribution in [0.1, 0.15) is 6.92 Å². The average Bonchev–Trinajstić information content (AvgIpc) is 2.65. The molecule has 0 spiro atoms. The van der Waals surface area contributed by atoms with Crippen molar-refractivity contribution in [2.45, 2.75) is 13.0 Å². The van der Waals surface area contributed by atoms with E-state index >= 15 is 0 Å². The predicted octanol–water partition coefficient (Wildman–Crippen LogP) is 0.403. The fourth-order valence-electron chi connectivity index (χ4n) is 1.92. The van der Waals surface area contributed by atoms with E-state index in [0.29, 0.717) is 26.3 Å². The molecule has 0 bridgehead atoms. The first-order chi connectivity index (χ1) is 7.68. The van der Waals surface area contributed by atoms with Crippen molar-refractivity contribution in [2.24, 2.45) is 0 Å². The predicted molar refractivity (Wildman–Crippen MR) is 61.4 cm³/mol. The molecule has 2 fully saturated rings. The lowest BCUT2D eigenvalue weighted by Gasteiger charge is -2.34. The highest BCUT2D eigenvalue weighted by Crippen LogP contribution is 2.17. The lowest BCUT2D eigenvalue weighted by Crippen LogP contribution is -2.50. The number of carbonyl (C=O) groups excluding carboxylic acids is 2. The third-order valence-electron chi connectivity index (χ3n) is 2.86. The van der Waals surface area contributed by atoms with Gasteiger partial charge in [0.25, 0.3) is 5.24 Å². The summed E-state index contributed by atoms with van der Waals surface area (Å²) in [5.74, 6) is 0.830. The van der Waals surface area contributed by atoms with E-state index in [4.69, 9.17) is 4.74 Å². The Kier molecular flexibility index (Phi) is 3.70. The molecule has 2 heterocycles. The van der Waals surface area contributed by atoms with Crippen LogP contribution in [0, 0.1) is 0 Å². The van der Waals surface area contributed by atoms with Crippen molar-refractivity contribution in [3.63, 3.8) is 0 Å². The smallest absolute Gasteiger partial charge is 0.282 e. The molecule has 1 atom stereocenters. The topological polar surface area (TPSA) is 49.9 Å². The number of nitrogens with zero attached hydrogens (tertiary/aromatic N) is 2. The van der Waals surface area contributed by atoms with Gasteiger partial charge in [0.05, 0.1) is 19.3 Å². The number of hydrogen-bond acceptors (Lipinski definition) is 4. The summed E-state index contributed by atoms with van der Waals surface area (Å²) in [6, 6.07) is 0.117. The molecule has 0 saturated carbocycles. The molecular weight excluding hydrogens is 228 g/mol. The van der Waals surface area contributed by atoms with Crippen molar-refractivity contribution in [3.05, 3.63) is 0 Å². The molecule has 0 radical (unpaired) electrons. The lowest BCUT2D eigenvalue weighted by molar-refractivity contribution is -0.139. The maximum atomic E-state index is 12.0. The highest BCUT2D eigenvalue weighted by Gasteiger charge is 2.28. The number of thioether (sulfide) groups is 1. The average molecular weight is 244 g/mol. The highest BCUT2D eigenvalue weighted by molar-refractivity contribution is 8.13. The summed E-state index contributed by atoms with van der Waals surface area (Å²) in [5, 5.41) is 0.0225. The fraction of sp³-hybridized carbons (Fsp3) is 0.800. The largest absolute Gasteiger partial charge is 0.377 e. The molecule has 2 rings (SSSR count). The summed E-state index contributed by atoms with van der Waals surface area (Å²) in [4.78, 5) is 26.8. The molecule has 2 amide bonds. The number of carbonyl (C=O) groups is 2. The van der Waals surface area contributed by atoms with E-state index in [1.165, 1.54) is 11.8 Å². The van der Waals surface area contributed by atoms with E-state index < -0.39 is 0 Å². The van der Waals surface area contributed by atoms with E-state index in [1.807, 2.05) is 6.92 Å². The van der Waals surface area contributed by atoms with Crippen molar-refractivity contribution in [1.29, 1.82) is 0 Å². The van der Waals surface area contributed by atoms with Crippen molar-refractivity contribution < 1.29 is 14.3 Å². The molecule has 0 aromatic rings. The minimum Gasteiger partial charge on any atom is -0.377 e. The van der Waals surface area contributed by atoms with Gasteiger partial charge >= 0.3 is 0 Å². The van der Waals surface area contributed by atoms with Crippen molar-refractivity contribution >= 4 is 22.9 Å². The maximum Gasteiger partial charge on any atom is 0.282 e. The molecule has 0 aliphatic carbocycles. The highest BCUT2D eigenvalue weighted by atomic mass is 32.2. The summed E-state index contributed by atoms with van der Waals surface area (Å²) in [5.41, 5.74) is 0. The fourth-order valence-corrected chi connectivity index (χ4v) is 2.75. The lowest BCUT2D eigenvalue weighted by atomic mass is 10.2. The van der Waals surface area contributed by atoms with Gasteiger partial charge in [-0.1, -0.05) is 11.8 Å². The monoisotopic (exact) mass is 244 g/mol. The number of hydrogen-bond donors (Lipinski definition) is 0. The van der Waals surface area contributed by atoms with Gasteiger partial charge in [0.1, 0.15) is 6.54 Å². The molecule has 0 unspecified atom stereocenters. The van der Waals surface area contributed by atoms with E-state index in [0.717, 1.165) is 5.75 Å². The summed E-state index contributed by atoms with van der Waals surface area (Å²) in [7, 11) is 0. The van der Waals surface area contributed by atoms with Gasteiger partial charge in [-0.3, -0.25) is 9.59 Å². The quantitative estimate of drug-likeness (QED) is 0.705. The molecule has 0 aromatic heterocycles. The van der Waals surface area contributed by atoms with Crippen LogP contribution in [0.4, 0.5) is 4.79 Å². The first kappa shape index (κ1) is 11.7. The Morgan fingerprint density at radius 1 is 1.56 bits per heavy atom. The van der Waals surface area contributed by atoms with Crippen LogP contribution < -0.4 is 0 Å². The third-order valence-corrected chi connectivity index (χ3v) is 3.75. The van der Waals surface area contributed by atoms with E-state index in [2.05, 4.69) is 0 Å². The summed E-state index contributed by atoms with van der Waals surface area (Å²) >= 11 is 1.29. The van der Waals surface area contributed by atoms with E-state index in [-0.39, 0.29) is 23.7 Å². The van der Waals surface area contributed by atoms with Crippen LogP contribution in [0.25, 0.3) is 0 Å². The first-order valence-corrected chi connectivity index (χ1v) is 6.46. The zero-order valence-corrected chi connectivity index (χ0v) is 10.2. The Labute approximate surface area is 99.1 Å². The summed E-state index contributed by atoms with van der Waals surface area (Å²) in [6.07, 6.45) is 0. The van der Waals surface area contributed by atoms with Gasteiger partial charge in [-0.2, -0.15) is 0 Å². The second-order valence-electron chi connectivity index (χ2n) is 4.05. The molecular formula is C10H16N2O3S. The Balaban J connectivity index is 1.89. The van der Waals surface area contributed by atoms with Gasteiger partial charge < -0.3 is 14.5 Å². The Hall–Kier alpha value is -0.750. The molecule has 2 aliphatic heterocycles. The standard InChI is InChI=1S/C10H16N2O3S/c1-8-7-15-4-2-12(8)9(13)6-11-3-5-16-10(11)14/h8H,2-7H2,1H3/t8-/m1/s1. The van der Waals surface area contributed by atoms with E-state index in [1.54, 1.807) is 9.80 Å². The van der Waals surface area contributed by atoms with Crippen LogP contribution in [0.3, 0.4) is 0 Å². The van der Waals surface area contributed by atoms with Gasteiger partial charge in [-0.25, -0.2) is 0 Å². The van der Waals surface area contributed by atoms with Gasteiger partial charge in [-0.15, -0.1) is 0 Å². The second kappa shape index (κ2) is 5.05. The number of ether oxygens (including phenoxy) is 1. The molecule has 0 N–H and O–H groups in total. The number of morpholine rings is 1. The normalized spacial score (nSPS) is 26.3. The van der Waals surface area contributed by atoms with Crippen LogP contribution in [-0.4, -0.2) is 65.6 Å². The van der Waals surface area contributed by atoms with Crippen molar-refractivity contribution in [3.8, 4) is 0 Å². The molecule has 2 saturated heterocycles. The molecule has 5 nitrogen and oxygen atoms in total. The Morgan fingerprint density at radius 2 is 2.38 bits per heavy atom. The van der Waals surface area contributed by atoms with Crippen LogP contribution >= 0.6 is 11.8 Å². The maximum absolute atomic E-state index is 12.0. The van der Waals surface area contributed by atoms with Gasteiger partial charge in [0.2, 0.25) is 5.91 Å². The minimum absolute atomic E-state index is 0.0225. The molecule has 16 heavy (non-hydrogen) atoms. The van der Waals surface area contributed by atoms with Crippen LogP contribution in [0.5, 0.6) is 0 Å². The minimum atomic E-state index is 0.0225. The first-order valence-electron chi connectivity index (χ1n) is 5.47. The van der Waals surface area contributed by atoms with Crippen LogP contribution in [0.2, 0.25) is 0 Å². The second-order valence-corrected chi connectivity index (χ2v) is 5.09. The Bertz CT molecular complexity index is 298. The third kappa shape index (κ3) is 2.49. The summed E-state index contributed by atoms with van der Waals surface area (Å²) < 4.78 is 5.27. The van der Waals surface area contributed by atoms with Crippen molar-refractivity contribution in [2.75, 3.05) is 38.6 Å².